The van der Waals surface area contributed by atoms with E-state index in [-0.39, 0.29) is 4.90 Å². The smallest absolute Gasteiger partial charge is 0.262 e. The van der Waals surface area contributed by atoms with E-state index in [4.69, 9.17) is 0 Å². The van der Waals surface area contributed by atoms with Gasteiger partial charge in [0.15, 0.2) is 6.17 Å². The van der Waals surface area contributed by atoms with E-state index in [1.54, 1.807) is 36.0 Å². The van der Waals surface area contributed by atoms with Crippen molar-refractivity contribution in [2.75, 3.05) is 16.9 Å². The number of hydrogen-bond donors (Lipinski definition) is 3. The van der Waals surface area contributed by atoms with Crippen LogP contribution < -0.4 is 15.4 Å². The molecule has 1 heterocycles. The van der Waals surface area contributed by atoms with Gasteiger partial charge in [0.1, 0.15) is 4.90 Å². The minimum atomic E-state index is -3.72. The quantitative estimate of drug-likeness (QED) is 0.739. The van der Waals surface area contributed by atoms with Gasteiger partial charge in [-0.15, -0.1) is 11.8 Å². The first-order valence-corrected chi connectivity index (χ1v) is 9.53. The molecule has 23 heavy (non-hydrogen) atoms. The van der Waals surface area contributed by atoms with Crippen LogP contribution in [0.4, 0.5) is 11.4 Å². The maximum atomic E-state index is 12.4. The second-order valence-electron chi connectivity index (χ2n) is 4.92. The minimum Gasteiger partial charge on any atom is -0.360 e. The van der Waals surface area contributed by atoms with E-state index in [9.17, 15) is 13.2 Å². The van der Waals surface area contributed by atoms with Gasteiger partial charge in [0.2, 0.25) is 10.0 Å². The summed E-state index contributed by atoms with van der Waals surface area (Å²) in [4.78, 5) is 13.5. The number of carbonyl (C=O) groups is 1. The van der Waals surface area contributed by atoms with Crippen LogP contribution in [0.15, 0.2) is 58.3 Å². The van der Waals surface area contributed by atoms with Gasteiger partial charge >= 0.3 is 0 Å². The summed E-state index contributed by atoms with van der Waals surface area (Å²) in [7, 11) is -3.72. The van der Waals surface area contributed by atoms with Crippen molar-refractivity contribution in [2.24, 2.45) is 0 Å². The highest BCUT2D eigenvalue weighted by Gasteiger charge is 2.32. The molecule has 0 aliphatic carbocycles. The van der Waals surface area contributed by atoms with Crippen molar-refractivity contribution < 1.29 is 13.2 Å². The second-order valence-corrected chi connectivity index (χ2v) is 7.48. The molecule has 1 atom stereocenters. The fourth-order valence-corrected chi connectivity index (χ4v) is 4.00. The van der Waals surface area contributed by atoms with Crippen molar-refractivity contribution in [2.45, 2.75) is 16.0 Å². The van der Waals surface area contributed by atoms with Gasteiger partial charge in [-0.3, -0.25) is 4.79 Å². The summed E-state index contributed by atoms with van der Waals surface area (Å²) in [5.74, 6) is -0.471. The van der Waals surface area contributed by atoms with E-state index < -0.39 is 22.1 Å². The molecule has 1 aliphatic heterocycles. The number of para-hydroxylation sites is 1. The van der Waals surface area contributed by atoms with Crippen molar-refractivity contribution >= 4 is 39.1 Å². The maximum absolute atomic E-state index is 12.4. The lowest BCUT2D eigenvalue weighted by molar-refractivity contribution is -0.117. The van der Waals surface area contributed by atoms with Crippen LogP contribution in [-0.4, -0.2) is 26.7 Å². The van der Waals surface area contributed by atoms with Crippen molar-refractivity contribution in [1.82, 2.24) is 4.72 Å². The molecule has 0 fully saturated rings. The number of rotatable bonds is 3. The third-order valence-electron chi connectivity index (χ3n) is 3.35. The van der Waals surface area contributed by atoms with Crippen molar-refractivity contribution in [1.29, 1.82) is 0 Å². The number of hydrogen-bond acceptors (Lipinski definition) is 5. The first-order chi connectivity index (χ1) is 11.0. The molecule has 6 nitrogen and oxygen atoms in total. The van der Waals surface area contributed by atoms with Gasteiger partial charge in [-0.1, -0.05) is 18.2 Å². The summed E-state index contributed by atoms with van der Waals surface area (Å²) in [6, 6.07) is 13.8. The SMILES string of the molecule is CSc1cccc(NC(=O)[C@H]2Nc3ccccc3S(=O)(=O)N2)c1. The third-order valence-corrected chi connectivity index (χ3v) is 5.56. The van der Waals surface area contributed by atoms with Crippen molar-refractivity contribution in [3.05, 3.63) is 48.5 Å². The van der Waals surface area contributed by atoms with Crippen LogP contribution in [0.2, 0.25) is 0 Å². The van der Waals surface area contributed by atoms with Gasteiger partial charge in [0.05, 0.1) is 5.69 Å². The molecular weight excluding hydrogens is 334 g/mol. The van der Waals surface area contributed by atoms with Gasteiger partial charge in [0, 0.05) is 10.6 Å². The predicted octanol–water partition coefficient (Wildman–Crippen LogP) is 2.08. The zero-order chi connectivity index (χ0) is 16.4. The Bertz CT molecular complexity index is 853. The Morgan fingerprint density at radius 3 is 2.74 bits per heavy atom. The summed E-state index contributed by atoms with van der Waals surface area (Å²) in [5.41, 5.74) is 1.02. The molecule has 0 radical (unpaired) electrons. The average molecular weight is 349 g/mol. The molecular formula is C15H15N3O3S2. The van der Waals surface area contributed by atoms with Crippen LogP contribution in [-0.2, 0) is 14.8 Å². The first-order valence-electron chi connectivity index (χ1n) is 6.82. The maximum Gasteiger partial charge on any atom is 0.262 e. The number of fused-ring (bicyclic) bond motifs is 1. The van der Waals surface area contributed by atoms with E-state index in [2.05, 4.69) is 15.4 Å². The Morgan fingerprint density at radius 2 is 1.96 bits per heavy atom. The standard InChI is InChI=1S/C15H15N3O3S2/c1-22-11-6-4-5-10(9-11)16-15(19)14-17-12-7-2-3-8-13(12)23(20,21)18-14/h2-9,14,17-18H,1H3,(H,16,19)/t14-/m0/s1. The molecule has 2 aromatic carbocycles. The summed E-state index contributed by atoms with van der Waals surface area (Å²) >= 11 is 1.56. The highest BCUT2D eigenvalue weighted by molar-refractivity contribution is 7.98. The highest BCUT2D eigenvalue weighted by Crippen LogP contribution is 2.26. The van der Waals surface area contributed by atoms with Crippen LogP contribution in [0.1, 0.15) is 0 Å². The third kappa shape index (κ3) is 3.34. The van der Waals surface area contributed by atoms with E-state index in [1.165, 1.54) is 6.07 Å². The van der Waals surface area contributed by atoms with Gasteiger partial charge in [0.25, 0.3) is 5.91 Å². The Hall–Kier alpha value is -2.03. The zero-order valence-corrected chi connectivity index (χ0v) is 13.9. The monoisotopic (exact) mass is 349 g/mol. The number of anilines is 2. The molecule has 2 aromatic rings. The van der Waals surface area contributed by atoms with Crippen molar-refractivity contribution in [3.63, 3.8) is 0 Å². The number of thioether (sulfide) groups is 1. The average Bonchev–Trinajstić information content (AvgIpc) is 2.54. The topological polar surface area (TPSA) is 87.3 Å². The van der Waals surface area contributed by atoms with Gasteiger partial charge in [-0.2, -0.15) is 4.72 Å². The lowest BCUT2D eigenvalue weighted by Gasteiger charge is -2.27. The van der Waals surface area contributed by atoms with Crippen LogP contribution in [0, 0.1) is 0 Å². The summed E-state index contributed by atoms with van der Waals surface area (Å²) < 4.78 is 26.8. The lowest BCUT2D eigenvalue weighted by atomic mass is 10.3. The number of carbonyl (C=O) groups excluding carboxylic acids is 1. The number of amides is 1. The highest BCUT2D eigenvalue weighted by atomic mass is 32.2. The molecule has 0 bridgehead atoms. The van der Waals surface area contributed by atoms with E-state index in [0.717, 1.165) is 4.90 Å². The largest absolute Gasteiger partial charge is 0.360 e. The van der Waals surface area contributed by atoms with E-state index in [0.29, 0.717) is 11.4 Å². The Kier molecular flexibility index (Phi) is 4.29. The number of benzene rings is 2. The molecule has 8 heteroatoms. The predicted molar refractivity (Wildman–Crippen MR) is 91.0 cm³/mol. The minimum absolute atomic E-state index is 0.133. The van der Waals surface area contributed by atoms with Gasteiger partial charge in [-0.05, 0) is 36.6 Å². The van der Waals surface area contributed by atoms with E-state index >= 15 is 0 Å². The zero-order valence-electron chi connectivity index (χ0n) is 12.2. The first kappa shape index (κ1) is 15.9. The van der Waals surface area contributed by atoms with E-state index in [1.807, 2.05) is 24.5 Å². The Balaban J connectivity index is 1.81. The molecule has 0 aromatic heterocycles. The molecule has 3 N–H and O–H groups in total. The number of sulfonamides is 1. The number of nitrogens with one attached hydrogen (secondary N) is 3. The summed E-state index contributed by atoms with van der Waals surface area (Å²) in [5, 5.41) is 5.61. The molecule has 1 aliphatic rings. The summed E-state index contributed by atoms with van der Waals surface area (Å²) in [6.07, 6.45) is 0.877. The van der Waals surface area contributed by atoms with Gasteiger partial charge < -0.3 is 10.6 Å². The molecule has 0 unspecified atom stereocenters. The van der Waals surface area contributed by atoms with Crippen molar-refractivity contribution in [3.8, 4) is 0 Å². The lowest BCUT2D eigenvalue weighted by Crippen LogP contribution is -2.51. The molecule has 0 saturated carbocycles. The molecule has 3 rings (SSSR count). The van der Waals surface area contributed by atoms with Crippen LogP contribution in [0.3, 0.4) is 0 Å². The fraction of sp³-hybridized carbons (Fsp3) is 0.133. The fourth-order valence-electron chi connectivity index (χ4n) is 2.26. The molecule has 120 valence electrons. The molecule has 0 saturated heterocycles. The second kappa shape index (κ2) is 6.23. The Morgan fingerprint density at radius 1 is 1.17 bits per heavy atom. The Labute approximate surface area is 138 Å². The van der Waals surface area contributed by atoms with Gasteiger partial charge in [-0.25, -0.2) is 8.42 Å². The summed E-state index contributed by atoms with van der Waals surface area (Å²) in [6.45, 7) is 0. The van der Waals surface area contributed by atoms with Crippen LogP contribution >= 0.6 is 11.8 Å². The molecule has 1 amide bonds. The molecule has 0 spiro atoms. The van der Waals surface area contributed by atoms with Crippen LogP contribution in [0.5, 0.6) is 0 Å². The normalized spacial score (nSPS) is 18.6. The van der Waals surface area contributed by atoms with Crippen LogP contribution in [0.25, 0.3) is 0 Å².